The Morgan fingerprint density at radius 2 is 2.00 bits per heavy atom. The molecule has 1 aliphatic rings. The van der Waals surface area contributed by atoms with E-state index in [1.807, 2.05) is 51.5 Å². The number of carbonyl (C=O) groups excluding carboxylic acids is 1. The summed E-state index contributed by atoms with van der Waals surface area (Å²) < 4.78 is 1.83. The summed E-state index contributed by atoms with van der Waals surface area (Å²) in [6, 6.07) is 9.96. The highest BCUT2D eigenvalue weighted by Crippen LogP contribution is 2.25. The Balaban J connectivity index is 1.49. The molecular formula is C20H23N5OS. The summed E-state index contributed by atoms with van der Waals surface area (Å²) in [5.74, 6) is 0.0332. The maximum atomic E-state index is 12.8. The van der Waals surface area contributed by atoms with Crippen LogP contribution in [0.3, 0.4) is 0 Å². The van der Waals surface area contributed by atoms with Gasteiger partial charge in [0.2, 0.25) is 0 Å². The van der Waals surface area contributed by atoms with Crippen LogP contribution < -0.4 is 0 Å². The van der Waals surface area contributed by atoms with E-state index in [1.165, 1.54) is 11.3 Å². The highest BCUT2D eigenvalue weighted by Gasteiger charge is 2.22. The molecule has 7 heteroatoms. The van der Waals surface area contributed by atoms with E-state index in [0.29, 0.717) is 5.69 Å². The topological polar surface area (TPSA) is 54.3 Å². The molecule has 3 heterocycles. The third-order valence-electron chi connectivity index (χ3n) is 4.90. The zero-order valence-corrected chi connectivity index (χ0v) is 16.2. The molecule has 3 aromatic rings. The summed E-state index contributed by atoms with van der Waals surface area (Å²) in [5, 5.41) is 7.11. The molecule has 27 heavy (non-hydrogen) atoms. The quantitative estimate of drug-likeness (QED) is 0.697. The first kappa shape index (κ1) is 17.9. The summed E-state index contributed by atoms with van der Waals surface area (Å²) in [5.41, 5.74) is 2.46. The van der Waals surface area contributed by atoms with Crippen LogP contribution in [-0.4, -0.2) is 63.2 Å². The summed E-state index contributed by atoms with van der Waals surface area (Å²) in [6.07, 6.45) is 4.76. The lowest BCUT2D eigenvalue weighted by Crippen LogP contribution is -2.35. The minimum absolute atomic E-state index is 0.0332. The Bertz CT molecular complexity index is 904. The van der Waals surface area contributed by atoms with Crippen LogP contribution in [0.5, 0.6) is 0 Å². The van der Waals surface area contributed by atoms with Gasteiger partial charge in [-0.15, -0.1) is 11.3 Å². The summed E-state index contributed by atoms with van der Waals surface area (Å²) in [6.45, 7) is 6.76. The van der Waals surface area contributed by atoms with Crippen molar-refractivity contribution in [3.63, 3.8) is 0 Å². The molecule has 0 atom stereocenters. The van der Waals surface area contributed by atoms with Crippen molar-refractivity contribution in [1.29, 1.82) is 0 Å². The summed E-state index contributed by atoms with van der Waals surface area (Å²) in [4.78, 5) is 21.8. The molecule has 0 radical (unpaired) electrons. The molecule has 0 unspecified atom stereocenters. The molecule has 1 aromatic carbocycles. The third-order valence-corrected chi connectivity index (χ3v) is 5.79. The van der Waals surface area contributed by atoms with Gasteiger partial charge in [-0.25, -0.2) is 9.67 Å². The lowest BCUT2D eigenvalue weighted by Gasteiger charge is -2.20. The fourth-order valence-corrected chi connectivity index (χ4v) is 4.08. The number of hydrogen-bond acceptors (Lipinski definition) is 5. The van der Waals surface area contributed by atoms with Gasteiger partial charge in [0.1, 0.15) is 10.7 Å². The Hall–Kier alpha value is -2.51. The second kappa shape index (κ2) is 8.02. The van der Waals surface area contributed by atoms with Gasteiger partial charge in [-0.3, -0.25) is 4.79 Å². The van der Waals surface area contributed by atoms with Gasteiger partial charge in [0, 0.05) is 36.8 Å². The number of hydrogen-bond donors (Lipinski definition) is 0. The molecule has 1 amide bonds. The minimum atomic E-state index is 0.0332. The van der Waals surface area contributed by atoms with Crippen molar-refractivity contribution >= 4 is 17.2 Å². The number of likely N-dealkylation sites (N-methyl/N-ethyl adjacent to an activating group) is 1. The number of thiazole rings is 1. The maximum absolute atomic E-state index is 12.8. The molecule has 0 saturated carbocycles. The van der Waals surface area contributed by atoms with Gasteiger partial charge >= 0.3 is 0 Å². The SMILES string of the molecule is CCN1CCCN(C(=O)c2csc(-c3cnn(-c4ccccc4)c3)n2)CC1. The number of aromatic nitrogens is 3. The zero-order valence-electron chi connectivity index (χ0n) is 15.4. The van der Waals surface area contributed by atoms with Crippen molar-refractivity contribution in [2.75, 3.05) is 32.7 Å². The number of amides is 1. The molecule has 1 fully saturated rings. The van der Waals surface area contributed by atoms with Crippen LogP contribution in [0.1, 0.15) is 23.8 Å². The number of nitrogens with zero attached hydrogens (tertiary/aromatic N) is 5. The van der Waals surface area contributed by atoms with Crippen LogP contribution in [0.25, 0.3) is 16.3 Å². The molecule has 0 bridgehead atoms. The second-order valence-electron chi connectivity index (χ2n) is 6.63. The van der Waals surface area contributed by atoms with Crippen molar-refractivity contribution in [3.8, 4) is 16.3 Å². The van der Waals surface area contributed by atoms with Crippen molar-refractivity contribution in [1.82, 2.24) is 24.6 Å². The molecule has 1 aliphatic heterocycles. The number of para-hydroxylation sites is 1. The van der Waals surface area contributed by atoms with Crippen molar-refractivity contribution in [2.45, 2.75) is 13.3 Å². The molecule has 2 aromatic heterocycles. The minimum Gasteiger partial charge on any atom is -0.336 e. The molecule has 1 saturated heterocycles. The predicted octanol–water partition coefficient (Wildman–Crippen LogP) is 3.16. The smallest absolute Gasteiger partial charge is 0.273 e. The normalized spacial score (nSPS) is 15.7. The highest BCUT2D eigenvalue weighted by molar-refractivity contribution is 7.13. The van der Waals surface area contributed by atoms with E-state index in [0.717, 1.165) is 55.4 Å². The first-order valence-corrected chi connectivity index (χ1v) is 10.2. The van der Waals surface area contributed by atoms with E-state index >= 15 is 0 Å². The van der Waals surface area contributed by atoms with Gasteiger partial charge in [0.25, 0.3) is 5.91 Å². The van der Waals surface area contributed by atoms with Crippen LogP contribution in [0.15, 0.2) is 48.1 Å². The first-order chi connectivity index (χ1) is 13.2. The molecule has 0 N–H and O–H groups in total. The monoisotopic (exact) mass is 381 g/mol. The molecular weight excluding hydrogens is 358 g/mol. The van der Waals surface area contributed by atoms with E-state index in [2.05, 4.69) is 21.9 Å². The van der Waals surface area contributed by atoms with Gasteiger partial charge in [0.15, 0.2) is 0 Å². The van der Waals surface area contributed by atoms with Gasteiger partial charge in [-0.05, 0) is 31.6 Å². The Labute approximate surface area is 163 Å². The first-order valence-electron chi connectivity index (χ1n) is 9.32. The Morgan fingerprint density at radius 1 is 1.15 bits per heavy atom. The fourth-order valence-electron chi connectivity index (χ4n) is 3.31. The number of carbonyl (C=O) groups is 1. The van der Waals surface area contributed by atoms with Gasteiger partial charge in [-0.1, -0.05) is 25.1 Å². The third kappa shape index (κ3) is 3.94. The van der Waals surface area contributed by atoms with E-state index in [1.54, 1.807) is 6.20 Å². The van der Waals surface area contributed by atoms with E-state index in [9.17, 15) is 4.79 Å². The predicted molar refractivity (Wildman–Crippen MR) is 107 cm³/mol. The zero-order chi connectivity index (χ0) is 18.6. The Kier molecular flexibility index (Phi) is 5.31. The number of rotatable bonds is 4. The van der Waals surface area contributed by atoms with Crippen molar-refractivity contribution in [2.24, 2.45) is 0 Å². The summed E-state index contributed by atoms with van der Waals surface area (Å²) in [7, 11) is 0. The molecule has 140 valence electrons. The van der Waals surface area contributed by atoms with Crippen LogP contribution in [0, 0.1) is 0 Å². The highest BCUT2D eigenvalue weighted by atomic mass is 32.1. The molecule has 4 rings (SSSR count). The molecule has 0 aliphatic carbocycles. The van der Waals surface area contributed by atoms with Crippen molar-refractivity contribution < 1.29 is 4.79 Å². The largest absolute Gasteiger partial charge is 0.336 e. The average molecular weight is 382 g/mol. The second-order valence-corrected chi connectivity index (χ2v) is 7.49. The summed E-state index contributed by atoms with van der Waals surface area (Å²) >= 11 is 1.49. The van der Waals surface area contributed by atoms with Gasteiger partial charge in [0.05, 0.1) is 11.9 Å². The molecule has 6 nitrogen and oxygen atoms in total. The van der Waals surface area contributed by atoms with Crippen LogP contribution in [-0.2, 0) is 0 Å². The van der Waals surface area contributed by atoms with Gasteiger partial charge < -0.3 is 9.80 Å². The van der Waals surface area contributed by atoms with Crippen LogP contribution in [0.4, 0.5) is 0 Å². The van der Waals surface area contributed by atoms with Crippen molar-refractivity contribution in [3.05, 3.63) is 53.8 Å². The lowest BCUT2D eigenvalue weighted by atomic mass is 10.3. The van der Waals surface area contributed by atoms with Gasteiger partial charge in [-0.2, -0.15) is 5.10 Å². The van der Waals surface area contributed by atoms with E-state index < -0.39 is 0 Å². The lowest BCUT2D eigenvalue weighted by molar-refractivity contribution is 0.0757. The van der Waals surface area contributed by atoms with Crippen LogP contribution in [0.2, 0.25) is 0 Å². The molecule has 0 spiro atoms. The average Bonchev–Trinajstić information content (AvgIpc) is 3.33. The maximum Gasteiger partial charge on any atom is 0.273 e. The van der Waals surface area contributed by atoms with E-state index in [4.69, 9.17) is 0 Å². The Morgan fingerprint density at radius 3 is 2.81 bits per heavy atom. The van der Waals surface area contributed by atoms with E-state index in [-0.39, 0.29) is 5.91 Å². The fraction of sp³-hybridized carbons (Fsp3) is 0.350. The number of benzene rings is 1. The standard InChI is InChI=1S/C20H23N5OS/c1-2-23-9-6-10-24(12-11-23)20(26)18-15-27-19(22-18)16-13-21-25(14-16)17-7-4-3-5-8-17/h3-5,7-8,13-15H,2,6,9-12H2,1H3. The van der Waals surface area contributed by atoms with Crippen LogP contribution >= 0.6 is 11.3 Å².